The molecule has 0 spiro atoms. The van der Waals surface area contributed by atoms with Gasteiger partial charge in [0.15, 0.2) is 0 Å². The highest BCUT2D eigenvalue weighted by Gasteiger charge is 2.32. The molecule has 6 heteroatoms. The minimum atomic E-state index is -0.845. The Hall–Kier alpha value is -1.66. The van der Waals surface area contributed by atoms with Gasteiger partial charge in [0.25, 0.3) is 0 Å². The van der Waals surface area contributed by atoms with Crippen LogP contribution in [-0.4, -0.2) is 27.1 Å². The summed E-state index contributed by atoms with van der Waals surface area (Å²) in [7, 11) is 0. The van der Waals surface area contributed by atoms with Gasteiger partial charge in [0.05, 0.1) is 18.1 Å². The van der Waals surface area contributed by atoms with Gasteiger partial charge in [-0.25, -0.2) is 4.98 Å². The van der Waals surface area contributed by atoms with Crippen LogP contribution in [0.1, 0.15) is 23.0 Å². The van der Waals surface area contributed by atoms with Gasteiger partial charge in [0.1, 0.15) is 6.04 Å². The molecule has 2 heterocycles. The Kier molecular flexibility index (Phi) is 3.12. The van der Waals surface area contributed by atoms with Gasteiger partial charge in [0, 0.05) is 16.6 Å². The van der Waals surface area contributed by atoms with Gasteiger partial charge in [0.2, 0.25) is 0 Å². The SMILES string of the molecule is O=C(O)C1Cc2[nH]cnc2C(c2ccc(Br)cc2)N1. The number of nitrogens with zero attached hydrogens (tertiary/aromatic N) is 1. The standard InChI is InChI=1S/C13H12BrN3O2/c14-8-3-1-7(2-4-8)11-12-9(15-6-16-12)5-10(17-11)13(18)19/h1-4,6,10-11,17H,5H2,(H,15,16)(H,18,19). The summed E-state index contributed by atoms with van der Waals surface area (Å²) in [5, 5.41) is 12.3. The van der Waals surface area contributed by atoms with Gasteiger partial charge in [-0.1, -0.05) is 28.1 Å². The van der Waals surface area contributed by atoms with E-state index in [1.54, 1.807) is 6.33 Å². The summed E-state index contributed by atoms with van der Waals surface area (Å²) in [5.41, 5.74) is 2.77. The van der Waals surface area contributed by atoms with Gasteiger partial charge in [-0.2, -0.15) is 0 Å². The number of halogens is 1. The fourth-order valence-corrected chi connectivity index (χ4v) is 2.62. The third kappa shape index (κ3) is 2.29. The molecule has 0 fully saturated rings. The highest BCUT2D eigenvalue weighted by molar-refractivity contribution is 9.10. The maximum Gasteiger partial charge on any atom is 0.321 e. The second-order valence-corrected chi connectivity index (χ2v) is 5.43. The lowest BCUT2D eigenvalue weighted by Gasteiger charge is -2.28. The predicted molar refractivity (Wildman–Crippen MR) is 72.8 cm³/mol. The highest BCUT2D eigenvalue weighted by atomic mass is 79.9. The number of benzene rings is 1. The number of nitrogens with one attached hydrogen (secondary N) is 2. The van der Waals surface area contributed by atoms with Crippen LogP contribution in [-0.2, 0) is 11.2 Å². The van der Waals surface area contributed by atoms with E-state index in [4.69, 9.17) is 0 Å². The summed E-state index contributed by atoms with van der Waals surface area (Å²) in [4.78, 5) is 18.6. The lowest BCUT2D eigenvalue weighted by molar-refractivity contribution is -0.139. The first-order chi connectivity index (χ1) is 9.15. The Morgan fingerprint density at radius 3 is 2.79 bits per heavy atom. The lowest BCUT2D eigenvalue weighted by atomic mass is 9.94. The zero-order valence-corrected chi connectivity index (χ0v) is 11.5. The largest absolute Gasteiger partial charge is 0.480 e. The molecule has 0 saturated heterocycles. The average Bonchev–Trinajstić information content (AvgIpc) is 2.86. The first-order valence-corrected chi connectivity index (χ1v) is 6.71. The van der Waals surface area contributed by atoms with E-state index in [9.17, 15) is 9.90 Å². The summed E-state index contributed by atoms with van der Waals surface area (Å²) >= 11 is 3.39. The zero-order chi connectivity index (χ0) is 13.4. The van der Waals surface area contributed by atoms with Crippen LogP contribution in [0.25, 0.3) is 0 Å². The van der Waals surface area contributed by atoms with Gasteiger partial charge in [-0.15, -0.1) is 0 Å². The number of carbonyl (C=O) groups is 1. The number of imidazole rings is 1. The summed E-state index contributed by atoms with van der Waals surface area (Å²) in [6.45, 7) is 0. The molecule has 0 bridgehead atoms. The Morgan fingerprint density at radius 1 is 1.37 bits per heavy atom. The van der Waals surface area contributed by atoms with Crippen LogP contribution in [0.5, 0.6) is 0 Å². The number of fused-ring (bicyclic) bond motifs is 1. The normalized spacial score (nSPS) is 21.9. The van der Waals surface area contributed by atoms with Crippen LogP contribution in [0.15, 0.2) is 35.1 Å². The summed E-state index contributed by atoms with van der Waals surface area (Å²) < 4.78 is 0.990. The molecule has 2 unspecified atom stereocenters. The number of aromatic nitrogens is 2. The number of hydrogen-bond acceptors (Lipinski definition) is 3. The van der Waals surface area contributed by atoms with Crippen molar-refractivity contribution in [3.63, 3.8) is 0 Å². The van der Waals surface area contributed by atoms with E-state index >= 15 is 0 Å². The van der Waals surface area contributed by atoms with E-state index in [1.165, 1.54) is 0 Å². The van der Waals surface area contributed by atoms with Gasteiger partial charge in [-0.05, 0) is 17.7 Å². The summed E-state index contributed by atoms with van der Waals surface area (Å²) in [5.74, 6) is -0.845. The second-order valence-electron chi connectivity index (χ2n) is 4.51. The van der Waals surface area contributed by atoms with Crippen molar-refractivity contribution in [3.8, 4) is 0 Å². The molecule has 0 saturated carbocycles. The fourth-order valence-electron chi connectivity index (χ4n) is 2.35. The van der Waals surface area contributed by atoms with E-state index in [1.807, 2.05) is 24.3 Å². The average molecular weight is 322 g/mol. The first kappa shape index (κ1) is 12.4. The van der Waals surface area contributed by atoms with Crippen LogP contribution >= 0.6 is 15.9 Å². The van der Waals surface area contributed by atoms with Crippen molar-refractivity contribution >= 4 is 21.9 Å². The molecule has 1 aliphatic rings. The zero-order valence-electron chi connectivity index (χ0n) is 9.93. The third-order valence-corrected chi connectivity index (χ3v) is 3.83. The van der Waals surface area contributed by atoms with E-state index < -0.39 is 12.0 Å². The number of hydrogen-bond donors (Lipinski definition) is 3. The van der Waals surface area contributed by atoms with Crippen molar-refractivity contribution in [2.24, 2.45) is 0 Å². The second kappa shape index (κ2) is 4.79. The molecule has 0 aliphatic carbocycles. The summed E-state index contributed by atoms with van der Waals surface area (Å²) in [6, 6.07) is 7.02. The monoisotopic (exact) mass is 321 g/mol. The minimum absolute atomic E-state index is 0.191. The molecule has 1 aliphatic heterocycles. The molecule has 3 N–H and O–H groups in total. The molecule has 19 heavy (non-hydrogen) atoms. The molecule has 0 amide bonds. The molecule has 1 aromatic carbocycles. The van der Waals surface area contributed by atoms with Crippen LogP contribution in [0.3, 0.4) is 0 Å². The molecule has 5 nitrogen and oxygen atoms in total. The van der Waals surface area contributed by atoms with Crippen LogP contribution in [0, 0.1) is 0 Å². The quantitative estimate of drug-likeness (QED) is 0.789. The number of aromatic amines is 1. The molecule has 2 aromatic rings. The first-order valence-electron chi connectivity index (χ1n) is 5.91. The van der Waals surface area contributed by atoms with Crippen molar-refractivity contribution < 1.29 is 9.90 Å². The Bertz CT molecular complexity index is 609. The summed E-state index contributed by atoms with van der Waals surface area (Å²) in [6.07, 6.45) is 2.04. The lowest BCUT2D eigenvalue weighted by Crippen LogP contribution is -2.45. The number of carboxylic acid groups (broad SMARTS) is 1. The molecular formula is C13H12BrN3O2. The minimum Gasteiger partial charge on any atom is -0.480 e. The maximum atomic E-state index is 11.2. The number of rotatable bonds is 2. The van der Waals surface area contributed by atoms with Crippen LogP contribution < -0.4 is 5.32 Å². The van der Waals surface area contributed by atoms with Gasteiger partial charge in [-0.3, -0.25) is 10.1 Å². The van der Waals surface area contributed by atoms with Crippen molar-refractivity contribution in [3.05, 3.63) is 52.0 Å². The molecule has 0 radical (unpaired) electrons. The Morgan fingerprint density at radius 2 is 2.11 bits per heavy atom. The maximum absolute atomic E-state index is 11.2. The topological polar surface area (TPSA) is 78.0 Å². The predicted octanol–water partition coefficient (Wildman–Crippen LogP) is 1.86. The van der Waals surface area contributed by atoms with Crippen LogP contribution in [0.2, 0.25) is 0 Å². The molecule has 2 atom stereocenters. The Labute approximate surface area is 118 Å². The third-order valence-electron chi connectivity index (χ3n) is 3.30. The number of aliphatic carboxylic acids is 1. The molecule has 3 rings (SSSR count). The fraction of sp³-hybridized carbons (Fsp3) is 0.231. The van der Waals surface area contributed by atoms with E-state index in [0.717, 1.165) is 21.4 Å². The smallest absolute Gasteiger partial charge is 0.321 e. The highest BCUT2D eigenvalue weighted by Crippen LogP contribution is 2.29. The van der Waals surface area contributed by atoms with Gasteiger partial charge < -0.3 is 10.1 Å². The van der Waals surface area contributed by atoms with Crippen molar-refractivity contribution in [1.82, 2.24) is 15.3 Å². The molecular weight excluding hydrogens is 310 g/mol. The van der Waals surface area contributed by atoms with Crippen LogP contribution in [0.4, 0.5) is 0 Å². The number of carboxylic acids is 1. The van der Waals surface area contributed by atoms with Crippen molar-refractivity contribution in [1.29, 1.82) is 0 Å². The molecule has 1 aromatic heterocycles. The van der Waals surface area contributed by atoms with E-state index in [2.05, 4.69) is 31.2 Å². The van der Waals surface area contributed by atoms with E-state index in [-0.39, 0.29) is 6.04 Å². The van der Waals surface area contributed by atoms with Crippen molar-refractivity contribution in [2.45, 2.75) is 18.5 Å². The molecule has 98 valence electrons. The van der Waals surface area contributed by atoms with E-state index in [0.29, 0.717) is 6.42 Å². The Balaban J connectivity index is 2.00. The van der Waals surface area contributed by atoms with Crippen molar-refractivity contribution in [2.75, 3.05) is 0 Å². The number of H-pyrrole nitrogens is 1. The van der Waals surface area contributed by atoms with Gasteiger partial charge >= 0.3 is 5.97 Å².